The van der Waals surface area contributed by atoms with Crippen LogP contribution in [0, 0.1) is 5.82 Å². The van der Waals surface area contributed by atoms with Gasteiger partial charge in [-0.1, -0.05) is 30.3 Å². The smallest absolute Gasteiger partial charge is 0.191 e. The fourth-order valence-corrected chi connectivity index (χ4v) is 2.33. The van der Waals surface area contributed by atoms with Crippen molar-refractivity contribution in [3.05, 3.63) is 65.5 Å². The molecule has 0 heterocycles. The molecule has 25 heavy (non-hydrogen) atoms. The first-order chi connectivity index (χ1) is 11.7. The van der Waals surface area contributed by atoms with E-state index in [1.165, 1.54) is 17.7 Å². The van der Waals surface area contributed by atoms with Crippen molar-refractivity contribution in [1.29, 1.82) is 0 Å². The minimum atomic E-state index is -0.228. The van der Waals surface area contributed by atoms with E-state index in [4.69, 9.17) is 4.74 Å². The molecule has 0 saturated heterocycles. The van der Waals surface area contributed by atoms with E-state index in [1.54, 1.807) is 19.2 Å². The molecule has 0 aliphatic heterocycles. The van der Waals surface area contributed by atoms with Gasteiger partial charge in [0.05, 0.1) is 6.61 Å². The minimum Gasteiger partial charge on any atom is -0.494 e. The first-order valence-electron chi connectivity index (χ1n) is 8.12. The van der Waals surface area contributed by atoms with Gasteiger partial charge in [-0.2, -0.15) is 0 Å². The van der Waals surface area contributed by atoms with E-state index in [2.05, 4.69) is 21.7 Å². The number of para-hydroxylation sites is 1. The van der Waals surface area contributed by atoms with Gasteiger partial charge in [-0.05, 0) is 42.7 Å². The van der Waals surface area contributed by atoms with Crippen LogP contribution in [0.5, 0.6) is 5.75 Å². The largest absolute Gasteiger partial charge is 0.494 e. The number of hydrogen-bond acceptors (Lipinski definition) is 2. The Balaban J connectivity index is 0.00000312. The summed E-state index contributed by atoms with van der Waals surface area (Å²) >= 11 is 0. The average Bonchev–Trinajstić information content (AvgIpc) is 2.61. The third kappa shape index (κ3) is 7.29. The highest BCUT2D eigenvalue weighted by atomic mass is 127. The van der Waals surface area contributed by atoms with Crippen LogP contribution >= 0.6 is 24.0 Å². The van der Waals surface area contributed by atoms with Gasteiger partial charge in [-0.15, -0.1) is 24.0 Å². The SMILES string of the molecule is CCOc1ccccc1CCNC(=NC)NCc1ccc(F)cc1.I. The molecular weight excluding hydrogens is 432 g/mol. The van der Waals surface area contributed by atoms with Crippen molar-refractivity contribution in [1.82, 2.24) is 10.6 Å². The summed E-state index contributed by atoms with van der Waals surface area (Å²) in [6.07, 6.45) is 0.841. The first-order valence-corrected chi connectivity index (χ1v) is 8.12. The maximum Gasteiger partial charge on any atom is 0.191 e. The zero-order valence-corrected chi connectivity index (χ0v) is 16.9. The average molecular weight is 457 g/mol. The Kier molecular flexibility index (Phi) is 9.91. The standard InChI is InChI=1S/C19H24FN3O.HI/c1-3-24-18-7-5-4-6-16(18)12-13-22-19(21-2)23-14-15-8-10-17(20)11-9-15;/h4-11H,3,12-14H2,1-2H3,(H2,21,22,23);1H. The highest BCUT2D eigenvalue weighted by Gasteiger charge is 2.03. The van der Waals surface area contributed by atoms with Crippen LogP contribution in [0.15, 0.2) is 53.5 Å². The molecular formula is C19H25FIN3O. The van der Waals surface area contributed by atoms with E-state index in [0.717, 1.165) is 24.3 Å². The number of nitrogens with one attached hydrogen (secondary N) is 2. The Morgan fingerprint density at radius 2 is 1.80 bits per heavy atom. The lowest BCUT2D eigenvalue weighted by molar-refractivity contribution is 0.336. The molecule has 2 aromatic carbocycles. The summed E-state index contributed by atoms with van der Waals surface area (Å²) in [4.78, 5) is 4.20. The maximum atomic E-state index is 12.9. The summed E-state index contributed by atoms with van der Waals surface area (Å²) in [5, 5.41) is 6.49. The lowest BCUT2D eigenvalue weighted by Crippen LogP contribution is -2.37. The molecule has 4 nitrogen and oxygen atoms in total. The number of guanidine groups is 1. The number of aliphatic imine (C=N–C) groups is 1. The zero-order chi connectivity index (χ0) is 17.2. The van der Waals surface area contributed by atoms with Crippen LogP contribution < -0.4 is 15.4 Å². The van der Waals surface area contributed by atoms with Gasteiger partial charge in [0.15, 0.2) is 5.96 Å². The molecule has 2 N–H and O–H groups in total. The lowest BCUT2D eigenvalue weighted by atomic mass is 10.1. The van der Waals surface area contributed by atoms with E-state index < -0.39 is 0 Å². The van der Waals surface area contributed by atoms with E-state index >= 15 is 0 Å². The van der Waals surface area contributed by atoms with Crippen LogP contribution in [0.1, 0.15) is 18.1 Å². The molecule has 0 saturated carbocycles. The number of rotatable bonds is 7. The highest BCUT2D eigenvalue weighted by molar-refractivity contribution is 14.0. The van der Waals surface area contributed by atoms with Crippen LogP contribution in [-0.2, 0) is 13.0 Å². The van der Waals surface area contributed by atoms with Crippen molar-refractivity contribution in [3.8, 4) is 5.75 Å². The quantitative estimate of drug-likeness (QED) is 0.378. The van der Waals surface area contributed by atoms with Crippen LogP contribution in [0.2, 0.25) is 0 Å². The molecule has 0 atom stereocenters. The van der Waals surface area contributed by atoms with Crippen LogP contribution in [0.3, 0.4) is 0 Å². The van der Waals surface area contributed by atoms with Gasteiger partial charge in [0.1, 0.15) is 11.6 Å². The van der Waals surface area contributed by atoms with Crippen LogP contribution in [0.25, 0.3) is 0 Å². The maximum absolute atomic E-state index is 12.9. The fourth-order valence-electron chi connectivity index (χ4n) is 2.33. The van der Waals surface area contributed by atoms with Crippen LogP contribution in [0.4, 0.5) is 4.39 Å². The molecule has 0 bridgehead atoms. The van der Waals surface area contributed by atoms with Gasteiger partial charge in [-0.25, -0.2) is 4.39 Å². The Morgan fingerprint density at radius 1 is 1.08 bits per heavy atom. The molecule has 0 aromatic heterocycles. The zero-order valence-electron chi connectivity index (χ0n) is 14.6. The minimum absolute atomic E-state index is 0. The molecule has 2 aromatic rings. The van der Waals surface area contributed by atoms with E-state index in [-0.39, 0.29) is 29.8 Å². The van der Waals surface area contributed by atoms with Crippen LogP contribution in [-0.4, -0.2) is 26.2 Å². The Bertz CT molecular complexity index is 662. The molecule has 136 valence electrons. The third-order valence-corrected chi connectivity index (χ3v) is 3.56. The molecule has 0 unspecified atom stereocenters. The molecule has 0 amide bonds. The number of ether oxygens (including phenoxy) is 1. The third-order valence-electron chi connectivity index (χ3n) is 3.56. The molecule has 2 rings (SSSR count). The fraction of sp³-hybridized carbons (Fsp3) is 0.316. The topological polar surface area (TPSA) is 45.6 Å². The molecule has 0 spiro atoms. The number of nitrogens with zero attached hydrogens (tertiary/aromatic N) is 1. The summed E-state index contributed by atoms with van der Waals surface area (Å²) < 4.78 is 18.5. The van der Waals surface area contributed by atoms with E-state index in [1.807, 2.05) is 25.1 Å². The van der Waals surface area contributed by atoms with Gasteiger partial charge in [0, 0.05) is 20.1 Å². The van der Waals surface area contributed by atoms with Crippen molar-refractivity contribution >= 4 is 29.9 Å². The Labute approximate surface area is 165 Å². The molecule has 0 radical (unpaired) electrons. The highest BCUT2D eigenvalue weighted by Crippen LogP contribution is 2.17. The molecule has 0 fully saturated rings. The summed E-state index contributed by atoms with van der Waals surface area (Å²) in [5.41, 5.74) is 2.17. The van der Waals surface area contributed by atoms with Crippen molar-refractivity contribution in [3.63, 3.8) is 0 Å². The second-order valence-electron chi connectivity index (χ2n) is 5.27. The van der Waals surface area contributed by atoms with Crippen molar-refractivity contribution in [2.45, 2.75) is 19.9 Å². The van der Waals surface area contributed by atoms with Gasteiger partial charge in [0.25, 0.3) is 0 Å². The molecule has 6 heteroatoms. The Hall–Kier alpha value is -1.83. The van der Waals surface area contributed by atoms with E-state index in [0.29, 0.717) is 19.1 Å². The number of hydrogen-bond donors (Lipinski definition) is 2. The first kappa shape index (κ1) is 21.2. The summed E-state index contributed by atoms with van der Waals surface area (Å²) in [6, 6.07) is 14.5. The van der Waals surface area contributed by atoms with Crippen molar-refractivity contribution in [2.75, 3.05) is 20.2 Å². The summed E-state index contributed by atoms with van der Waals surface area (Å²) in [7, 11) is 1.73. The molecule has 0 aliphatic rings. The predicted octanol–water partition coefficient (Wildman–Crippen LogP) is 3.75. The normalized spacial score (nSPS) is 10.8. The second kappa shape index (κ2) is 11.7. The van der Waals surface area contributed by atoms with Gasteiger partial charge < -0.3 is 15.4 Å². The summed E-state index contributed by atoms with van der Waals surface area (Å²) in [6.45, 7) is 3.98. The molecule has 0 aliphatic carbocycles. The monoisotopic (exact) mass is 457 g/mol. The van der Waals surface area contributed by atoms with Gasteiger partial charge in [0.2, 0.25) is 0 Å². The van der Waals surface area contributed by atoms with Crippen molar-refractivity contribution < 1.29 is 9.13 Å². The van der Waals surface area contributed by atoms with Gasteiger partial charge >= 0.3 is 0 Å². The number of benzene rings is 2. The van der Waals surface area contributed by atoms with Crippen molar-refractivity contribution in [2.24, 2.45) is 4.99 Å². The number of halogens is 2. The predicted molar refractivity (Wildman–Crippen MR) is 111 cm³/mol. The summed E-state index contributed by atoms with van der Waals surface area (Å²) in [5.74, 6) is 1.42. The van der Waals surface area contributed by atoms with E-state index in [9.17, 15) is 4.39 Å². The lowest BCUT2D eigenvalue weighted by Gasteiger charge is -2.13. The second-order valence-corrected chi connectivity index (χ2v) is 5.27. The Morgan fingerprint density at radius 3 is 2.48 bits per heavy atom. The van der Waals surface area contributed by atoms with Gasteiger partial charge in [-0.3, -0.25) is 4.99 Å².